The van der Waals surface area contributed by atoms with Gasteiger partial charge in [0, 0.05) is 16.0 Å². The van der Waals surface area contributed by atoms with Gasteiger partial charge in [-0.1, -0.05) is 18.2 Å². The summed E-state index contributed by atoms with van der Waals surface area (Å²) in [6.45, 7) is 1.33. The molecule has 6 nitrogen and oxygen atoms in total. The summed E-state index contributed by atoms with van der Waals surface area (Å²) in [5, 5.41) is 14.8. The minimum Gasteiger partial charge on any atom is -0.480 e. The number of thiophene rings is 1. The van der Waals surface area contributed by atoms with Crippen LogP contribution in [0.4, 0.5) is 5.69 Å². The molecule has 3 aromatic rings. The predicted octanol–water partition coefficient (Wildman–Crippen LogP) is 3.28. The van der Waals surface area contributed by atoms with Gasteiger partial charge < -0.3 is 15.7 Å². The van der Waals surface area contributed by atoms with Gasteiger partial charge in [-0.25, -0.2) is 0 Å². The molecule has 0 unspecified atom stereocenters. The summed E-state index contributed by atoms with van der Waals surface area (Å²) < 4.78 is 1.04. The number of amides is 2. The van der Waals surface area contributed by atoms with Crippen molar-refractivity contribution in [3.63, 3.8) is 0 Å². The average Bonchev–Trinajstić information content (AvgIpc) is 3.05. The molecule has 0 saturated heterocycles. The summed E-state index contributed by atoms with van der Waals surface area (Å²) >= 11 is 1.42. The molecule has 7 heteroatoms. The van der Waals surface area contributed by atoms with Crippen molar-refractivity contribution in [1.29, 1.82) is 0 Å². The van der Waals surface area contributed by atoms with Gasteiger partial charge in [-0.15, -0.1) is 11.3 Å². The first-order valence-electron chi connectivity index (χ1n) is 7.84. The van der Waals surface area contributed by atoms with Crippen LogP contribution in [0.2, 0.25) is 0 Å². The Hall–Kier alpha value is -3.19. The van der Waals surface area contributed by atoms with Crippen LogP contribution in [0.25, 0.3) is 10.1 Å². The lowest BCUT2D eigenvalue weighted by Gasteiger charge is -2.09. The molecule has 0 bridgehead atoms. The van der Waals surface area contributed by atoms with E-state index in [1.54, 1.807) is 25.1 Å². The monoisotopic (exact) mass is 368 g/mol. The highest BCUT2D eigenvalue weighted by Gasteiger charge is 2.13. The Bertz CT molecular complexity index is 977. The van der Waals surface area contributed by atoms with E-state index in [-0.39, 0.29) is 5.91 Å². The maximum Gasteiger partial charge on any atom is 0.322 e. The van der Waals surface area contributed by atoms with E-state index in [1.165, 1.54) is 11.3 Å². The van der Waals surface area contributed by atoms with E-state index in [2.05, 4.69) is 10.6 Å². The summed E-state index contributed by atoms with van der Waals surface area (Å²) in [6.07, 6.45) is 0. The third kappa shape index (κ3) is 3.89. The molecule has 0 fully saturated rings. The standard InChI is InChI=1S/C19H16N2O4S/c1-11-8-13(18(24)20-10-17(22)23)6-7-14(11)21-19(25)16-9-12-4-2-3-5-15(12)26-16/h2-9H,10H2,1H3,(H,20,24)(H,21,25)(H,22,23). The largest absolute Gasteiger partial charge is 0.480 e. The number of fused-ring (bicyclic) bond motifs is 1. The van der Waals surface area contributed by atoms with Crippen LogP contribution in [0.1, 0.15) is 25.6 Å². The van der Waals surface area contributed by atoms with Crippen molar-refractivity contribution in [2.75, 3.05) is 11.9 Å². The zero-order valence-electron chi connectivity index (χ0n) is 13.9. The highest BCUT2D eigenvalue weighted by Crippen LogP contribution is 2.26. The van der Waals surface area contributed by atoms with E-state index >= 15 is 0 Å². The third-order valence-corrected chi connectivity index (χ3v) is 4.90. The number of nitrogens with one attached hydrogen (secondary N) is 2. The van der Waals surface area contributed by atoms with Gasteiger partial charge >= 0.3 is 5.97 Å². The number of carboxylic acids is 1. The van der Waals surface area contributed by atoms with Crippen molar-refractivity contribution < 1.29 is 19.5 Å². The number of carboxylic acid groups (broad SMARTS) is 1. The van der Waals surface area contributed by atoms with Crippen molar-refractivity contribution in [3.05, 3.63) is 64.5 Å². The van der Waals surface area contributed by atoms with E-state index in [9.17, 15) is 14.4 Å². The summed E-state index contributed by atoms with van der Waals surface area (Å²) in [7, 11) is 0. The van der Waals surface area contributed by atoms with E-state index in [4.69, 9.17) is 5.11 Å². The lowest BCUT2D eigenvalue weighted by Crippen LogP contribution is -2.29. The van der Waals surface area contributed by atoms with Gasteiger partial charge in [0.2, 0.25) is 0 Å². The Morgan fingerprint density at radius 3 is 2.50 bits per heavy atom. The molecule has 132 valence electrons. The number of anilines is 1. The van der Waals surface area contributed by atoms with E-state index in [1.807, 2.05) is 30.3 Å². The smallest absolute Gasteiger partial charge is 0.322 e. The molecule has 0 aliphatic carbocycles. The van der Waals surface area contributed by atoms with Gasteiger partial charge in [-0.2, -0.15) is 0 Å². The highest BCUT2D eigenvalue weighted by molar-refractivity contribution is 7.20. The van der Waals surface area contributed by atoms with Crippen molar-refractivity contribution in [2.45, 2.75) is 6.92 Å². The van der Waals surface area contributed by atoms with Crippen LogP contribution in [0.3, 0.4) is 0 Å². The van der Waals surface area contributed by atoms with Gasteiger partial charge in [-0.3, -0.25) is 14.4 Å². The fourth-order valence-corrected chi connectivity index (χ4v) is 3.44. The number of carbonyl (C=O) groups is 3. The van der Waals surface area contributed by atoms with Crippen LogP contribution >= 0.6 is 11.3 Å². The van der Waals surface area contributed by atoms with Crippen LogP contribution in [-0.4, -0.2) is 29.4 Å². The van der Waals surface area contributed by atoms with Crippen LogP contribution in [0.5, 0.6) is 0 Å². The topological polar surface area (TPSA) is 95.5 Å². The molecule has 2 aromatic carbocycles. The predicted molar refractivity (Wildman–Crippen MR) is 101 cm³/mol. The van der Waals surface area contributed by atoms with Crippen molar-refractivity contribution >= 4 is 44.9 Å². The summed E-state index contributed by atoms with van der Waals surface area (Å²) in [4.78, 5) is 35.5. The molecule has 26 heavy (non-hydrogen) atoms. The van der Waals surface area contributed by atoms with E-state index in [0.717, 1.165) is 10.1 Å². The Kier molecular flexibility index (Phi) is 4.99. The van der Waals surface area contributed by atoms with Crippen LogP contribution in [0, 0.1) is 6.92 Å². The van der Waals surface area contributed by atoms with Crippen molar-refractivity contribution in [2.24, 2.45) is 0 Å². The molecule has 0 saturated carbocycles. The van der Waals surface area contributed by atoms with Crippen molar-refractivity contribution in [3.8, 4) is 0 Å². The minimum absolute atomic E-state index is 0.211. The molecule has 3 rings (SSSR count). The number of hydrogen-bond acceptors (Lipinski definition) is 4. The quantitative estimate of drug-likeness (QED) is 0.644. The third-order valence-electron chi connectivity index (χ3n) is 3.79. The van der Waals surface area contributed by atoms with Crippen LogP contribution in [0.15, 0.2) is 48.5 Å². The first kappa shape index (κ1) is 17.6. The molecule has 3 N–H and O–H groups in total. The Balaban J connectivity index is 1.74. The molecule has 0 radical (unpaired) electrons. The number of aliphatic carboxylic acids is 1. The van der Waals surface area contributed by atoms with E-state index < -0.39 is 18.4 Å². The van der Waals surface area contributed by atoms with Crippen LogP contribution in [-0.2, 0) is 4.79 Å². The number of carbonyl (C=O) groups excluding carboxylic acids is 2. The van der Waals surface area contributed by atoms with Crippen LogP contribution < -0.4 is 10.6 Å². The molecular weight excluding hydrogens is 352 g/mol. The van der Waals surface area contributed by atoms with Gasteiger partial charge in [-0.05, 0) is 48.2 Å². The second kappa shape index (κ2) is 7.37. The van der Waals surface area contributed by atoms with Gasteiger partial charge in [0.1, 0.15) is 6.54 Å². The van der Waals surface area contributed by atoms with Gasteiger partial charge in [0.25, 0.3) is 11.8 Å². The Labute approximate surface area is 153 Å². The lowest BCUT2D eigenvalue weighted by atomic mass is 10.1. The molecular formula is C19H16N2O4S. The van der Waals surface area contributed by atoms with E-state index in [0.29, 0.717) is 21.7 Å². The second-order valence-electron chi connectivity index (χ2n) is 5.71. The maximum atomic E-state index is 12.5. The zero-order chi connectivity index (χ0) is 18.7. The maximum absolute atomic E-state index is 12.5. The fourth-order valence-electron chi connectivity index (χ4n) is 2.48. The first-order valence-corrected chi connectivity index (χ1v) is 8.66. The number of rotatable bonds is 5. The molecule has 0 spiro atoms. The first-order chi connectivity index (χ1) is 12.4. The summed E-state index contributed by atoms with van der Waals surface area (Å²) in [5.74, 6) is -1.79. The number of benzene rings is 2. The minimum atomic E-state index is -1.11. The molecule has 0 aliphatic rings. The molecule has 0 atom stereocenters. The zero-order valence-corrected chi connectivity index (χ0v) is 14.7. The molecule has 1 aromatic heterocycles. The lowest BCUT2D eigenvalue weighted by molar-refractivity contribution is -0.135. The molecule has 1 heterocycles. The SMILES string of the molecule is Cc1cc(C(=O)NCC(=O)O)ccc1NC(=O)c1cc2ccccc2s1. The Morgan fingerprint density at radius 2 is 1.81 bits per heavy atom. The van der Waals surface area contributed by atoms with Gasteiger partial charge in [0.05, 0.1) is 4.88 Å². The number of aryl methyl sites for hydroxylation is 1. The average molecular weight is 368 g/mol. The summed E-state index contributed by atoms with van der Waals surface area (Å²) in [5.41, 5.74) is 1.65. The number of hydrogen-bond donors (Lipinski definition) is 3. The second-order valence-corrected chi connectivity index (χ2v) is 6.79. The summed E-state index contributed by atoms with van der Waals surface area (Å²) in [6, 6.07) is 14.4. The molecule has 2 amide bonds. The van der Waals surface area contributed by atoms with Crippen molar-refractivity contribution in [1.82, 2.24) is 5.32 Å². The Morgan fingerprint density at radius 1 is 1.04 bits per heavy atom. The highest BCUT2D eigenvalue weighted by atomic mass is 32.1. The fraction of sp³-hybridized carbons (Fsp3) is 0.105. The normalized spacial score (nSPS) is 10.5. The van der Waals surface area contributed by atoms with Gasteiger partial charge in [0.15, 0.2) is 0 Å². The molecule has 0 aliphatic heterocycles.